The zero-order chi connectivity index (χ0) is 22.9. The fourth-order valence-corrected chi connectivity index (χ4v) is 3.57. The number of hydrogen-bond donors (Lipinski definition) is 2. The number of amides is 1. The largest absolute Gasteiger partial charge is 0.416 e. The van der Waals surface area contributed by atoms with Crippen molar-refractivity contribution >= 4 is 33.2 Å². The Hall–Kier alpha value is -2.31. The molecule has 2 aromatic carbocycles. The lowest BCUT2D eigenvalue weighted by Crippen LogP contribution is -2.41. The summed E-state index contributed by atoms with van der Waals surface area (Å²) < 4.78 is 104. The summed E-state index contributed by atoms with van der Waals surface area (Å²) in [5.74, 6) is -1.17. The summed E-state index contributed by atoms with van der Waals surface area (Å²) in [6, 6.07) is 3.87. The average molecular weight is 475 g/mol. The molecule has 0 radical (unpaired) electrons. The van der Waals surface area contributed by atoms with E-state index in [4.69, 9.17) is 11.6 Å². The van der Waals surface area contributed by atoms with Gasteiger partial charge < -0.3 is 5.32 Å². The zero-order valence-electron chi connectivity index (χ0n) is 14.9. The van der Waals surface area contributed by atoms with Crippen molar-refractivity contribution in [1.82, 2.24) is 4.72 Å². The van der Waals surface area contributed by atoms with Crippen LogP contribution in [0.25, 0.3) is 0 Å². The van der Waals surface area contributed by atoms with Gasteiger partial charge in [-0.15, -0.1) is 0 Å². The molecule has 5 nitrogen and oxygen atoms in total. The second-order valence-corrected chi connectivity index (χ2v) is 8.23. The number of sulfonamides is 1. The molecule has 13 heteroatoms. The van der Waals surface area contributed by atoms with Gasteiger partial charge in [-0.3, -0.25) is 4.79 Å². The molecule has 2 aromatic rings. The van der Waals surface area contributed by atoms with Crippen molar-refractivity contribution in [3.05, 3.63) is 58.6 Å². The van der Waals surface area contributed by atoms with E-state index < -0.39 is 51.1 Å². The summed E-state index contributed by atoms with van der Waals surface area (Å²) in [7, 11) is -4.21. The van der Waals surface area contributed by atoms with Gasteiger partial charge in [0.15, 0.2) is 0 Å². The van der Waals surface area contributed by atoms with E-state index in [1.165, 1.54) is 12.1 Å². The van der Waals surface area contributed by atoms with Gasteiger partial charge in [-0.2, -0.15) is 31.1 Å². The third-order valence-corrected chi connectivity index (χ3v) is 5.51. The maximum absolute atomic E-state index is 12.9. The van der Waals surface area contributed by atoms with Gasteiger partial charge in [-0.05, 0) is 49.4 Å². The van der Waals surface area contributed by atoms with E-state index in [-0.39, 0.29) is 16.0 Å². The highest BCUT2D eigenvalue weighted by molar-refractivity contribution is 7.89. The molecule has 2 N–H and O–H groups in total. The lowest BCUT2D eigenvalue weighted by atomic mass is 10.1. The molecule has 0 saturated carbocycles. The highest BCUT2D eigenvalue weighted by Crippen LogP contribution is 2.37. The van der Waals surface area contributed by atoms with Crippen molar-refractivity contribution in [1.29, 1.82) is 0 Å². The fraction of sp³-hybridized carbons (Fsp3) is 0.235. The van der Waals surface area contributed by atoms with Crippen LogP contribution in [0.2, 0.25) is 5.02 Å². The van der Waals surface area contributed by atoms with Gasteiger partial charge in [-0.25, -0.2) is 8.42 Å². The van der Waals surface area contributed by atoms with E-state index in [0.717, 1.165) is 19.1 Å². The molecule has 30 heavy (non-hydrogen) atoms. The molecule has 0 aliphatic carbocycles. The van der Waals surface area contributed by atoms with Crippen molar-refractivity contribution < 1.29 is 39.6 Å². The average Bonchev–Trinajstić information content (AvgIpc) is 2.60. The number of alkyl halides is 6. The van der Waals surface area contributed by atoms with Crippen LogP contribution in [0.4, 0.5) is 32.0 Å². The van der Waals surface area contributed by atoms with Crippen LogP contribution in [0.15, 0.2) is 47.4 Å². The summed E-state index contributed by atoms with van der Waals surface area (Å²) >= 11 is 5.66. The Morgan fingerprint density at radius 1 is 0.933 bits per heavy atom. The predicted molar refractivity (Wildman–Crippen MR) is 96.3 cm³/mol. The Morgan fingerprint density at radius 2 is 1.40 bits per heavy atom. The maximum atomic E-state index is 12.9. The minimum atomic E-state index is -5.09. The lowest BCUT2D eigenvalue weighted by Gasteiger charge is -2.17. The molecule has 0 fully saturated rings. The molecule has 0 aliphatic rings. The second kappa shape index (κ2) is 8.44. The third kappa shape index (κ3) is 6.09. The first-order valence-electron chi connectivity index (χ1n) is 7.98. The van der Waals surface area contributed by atoms with E-state index in [9.17, 15) is 39.6 Å². The molecule has 0 spiro atoms. The predicted octanol–water partition coefficient (Wildman–Crippen LogP) is 4.68. The molecule has 2 rings (SSSR count). The molecule has 164 valence electrons. The van der Waals surface area contributed by atoms with Crippen LogP contribution in [0, 0.1) is 0 Å². The molecule has 0 aromatic heterocycles. The molecule has 0 heterocycles. The van der Waals surface area contributed by atoms with E-state index >= 15 is 0 Å². The van der Waals surface area contributed by atoms with Gasteiger partial charge in [0, 0.05) is 10.7 Å². The summed E-state index contributed by atoms with van der Waals surface area (Å²) in [5, 5.41) is 2.12. The Labute approximate surface area is 172 Å². The molecule has 0 aliphatic heterocycles. The van der Waals surface area contributed by atoms with Gasteiger partial charge >= 0.3 is 12.4 Å². The minimum absolute atomic E-state index is 0.0949. The van der Waals surface area contributed by atoms with Crippen molar-refractivity contribution in [3.8, 4) is 0 Å². The van der Waals surface area contributed by atoms with Crippen LogP contribution in [0.3, 0.4) is 0 Å². The number of rotatable bonds is 5. The SMILES string of the molecule is C[C@H](NS(=O)(=O)c1ccc(Cl)cc1)C(=O)Nc1cc(C(F)(F)F)cc(C(F)(F)F)c1. The molecular formula is C17H13ClF6N2O3S. The number of hydrogen-bond acceptors (Lipinski definition) is 3. The van der Waals surface area contributed by atoms with Crippen LogP contribution in [0.1, 0.15) is 18.1 Å². The summed E-state index contributed by atoms with van der Waals surface area (Å²) in [6.07, 6.45) is -10.2. The third-order valence-electron chi connectivity index (χ3n) is 3.70. The van der Waals surface area contributed by atoms with Crippen molar-refractivity contribution in [2.45, 2.75) is 30.2 Å². The van der Waals surface area contributed by atoms with E-state index in [2.05, 4.69) is 0 Å². The first-order chi connectivity index (χ1) is 13.6. The monoisotopic (exact) mass is 474 g/mol. The molecule has 0 unspecified atom stereocenters. The van der Waals surface area contributed by atoms with Crippen LogP contribution >= 0.6 is 11.6 Å². The number of carbonyl (C=O) groups is 1. The number of nitrogens with one attached hydrogen (secondary N) is 2. The Morgan fingerprint density at radius 3 is 1.83 bits per heavy atom. The Bertz CT molecular complexity index is 1000. The Kier molecular flexibility index (Phi) is 6.74. The highest BCUT2D eigenvalue weighted by atomic mass is 35.5. The molecule has 1 amide bonds. The maximum Gasteiger partial charge on any atom is 0.416 e. The topological polar surface area (TPSA) is 75.3 Å². The highest BCUT2D eigenvalue weighted by Gasteiger charge is 2.37. The van der Waals surface area contributed by atoms with Crippen molar-refractivity contribution in [3.63, 3.8) is 0 Å². The van der Waals surface area contributed by atoms with Crippen LogP contribution < -0.4 is 10.0 Å². The number of benzene rings is 2. The summed E-state index contributed by atoms with van der Waals surface area (Å²) in [4.78, 5) is 11.9. The van der Waals surface area contributed by atoms with Gasteiger partial charge in [0.05, 0.1) is 22.1 Å². The van der Waals surface area contributed by atoms with Crippen LogP contribution in [0.5, 0.6) is 0 Å². The summed E-state index contributed by atoms with van der Waals surface area (Å²) in [6.45, 7) is 1.07. The normalized spacial score (nSPS) is 13.7. The van der Waals surface area contributed by atoms with E-state index in [1.807, 2.05) is 10.0 Å². The van der Waals surface area contributed by atoms with Gasteiger partial charge in [0.25, 0.3) is 0 Å². The fourth-order valence-electron chi connectivity index (χ4n) is 2.25. The number of carbonyl (C=O) groups excluding carboxylic acids is 1. The minimum Gasteiger partial charge on any atom is -0.325 e. The molecule has 0 saturated heterocycles. The molecule has 0 bridgehead atoms. The quantitative estimate of drug-likeness (QED) is 0.618. The molecule has 1 atom stereocenters. The number of anilines is 1. The standard InChI is InChI=1S/C17H13ClF6N2O3S/c1-9(26-30(28,29)14-4-2-12(18)3-5-14)15(27)25-13-7-10(16(19,20)21)6-11(8-13)17(22,23)24/h2-9,26H,1H3,(H,25,27)/t9-/m0/s1. The second-order valence-electron chi connectivity index (χ2n) is 6.08. The first kappa shape index (κ1) is 24.0. The summed E-state index contributed by atoms with van der Waals surface area (Å²) in [5.41, 5.74) is -4.04. The van der Waals surface area contributed by atoms with Gasteiger partial charge in [0.1, 0.15) is 0 Å². The van der Waals surface area contributed by atoms with E-state index in [0.29, 0.717) is 12.1 Å². The lowest BCUT2D eigenvalue weighted by molar-refractivity contribution is -0.143. The smallest absolute Gasteiger partial charge is 0.325 e. The van der Waals surface area contributed by atoms with Gasteiger partial charge in [0.2, 0.25) is 15.9 Å². The van der Waals surface area contributed by atoms with Gasteiger partial charge in [-0.1, -0.05) is 11.6 Å². The van der Waals surface area contributed by atoms with Crippen LogP contribution in [-0.4, -0.2) is 20.4 Å². The first-order valence-corrected chi connectivity index (χ1v) is 9.84. The zero-order valence-corrected chi connectivity index (χ0v) is 16.5. The molecular weight excluding hydrogens is 462 g/mol. The van der Waals surface area contributed by atoms with Crippen LogP contribution in [-0.2, 0) is 27.2 Å². The van der Waals surface area contributed by atoms with Crippen molar-refractivity contribution in [2.24, 2.45) is 0 Å². The van der Waals surface area contributed by atoms with Crippen molar-refractivity contribution in [2.75, 3.05) is 5.32 Å². The number of halogens is 7. The Balaban J connectivity index is 2.25. The van der Waals surface area contributed by atoms with E-state index in [1.54, 1.807) is 0 Å².